The van der Waals surface area contributed by atoms with Crippen molar-refractivity contribution in [2.45, 2.75) is 45.8 Å². The maximum Gasteiger partial charge on any atom is 0.115 e. The summed E-state index contributed by atoms with van der Waals surface area (Å²) in [5.74, 6) is 1.05. The van der Waals surface area contributed by atoms with Gasteiger partial charge in [-0.3, -0.25) is 4.90 Å². The van der Waals surface area contributed by atoms with E-state index < -0.39 is 0 Å². The van der Waals surface area contributed by atoms with Crippen molar-refractivity contribution in [3.8, 4) is 5.75 Å². The molecule has 106 valence electrons. The number of nitrogens with one attached hydrogen (secondary N) is 1. The molecule has 2 rings (SSSR count). The number of hydrogen-bond donors (Lipinski definition) is 2. The molecule has 1 aromatic carbocycles. The second-order valence-electron chi connectivity index (χ2n) is 5.86. The van der Waals surface area contributed by atoms with Gasteiger partial charge < -0.3 is 10.4 Å². The first-order chi connectivity index (χ1) is 9.10. The molecule has 0 saturated carbocycles. The van der Waals surface area contributed by atoms with Crippen molar-refractivity contribution in [1.29, 1.82) is 0 Å². The Morgan fingerprint density at radius 3 is 2.95 bits per heavy atom. The lowest BCUT2D eigenvalue weighted by Gasteiger charge is -2.42. The Kier molecular flexibility index (Phi) is 4.83. The smallest absolute Gasteiger partial charge is 0.115 e. The lowest BCUT2D eigenvalue weighted by Crippen LogP contribution is -2.57. The van der Waals surface area contributed by atoms with Gasteiger partial charge in [-0.15, -0.1) is 0 Å². The Morgan fingerprint density at radius 2 is 2.26 bits per heavy atom. The summed E-state index contributed by atoms with van der Waals surface area (Å²) in [6.45, 7) is 9.89. The first-order valence-corrected chi connectivity index (χ1v) is 7.35. The van der Waals surface area contributed by atoms with Crippen LogP contribution in [0.4, 0.5) is 0 Å². The maximum absolute atomic E-state index is 9.58. The number of hydrogen-bond acceptors (Lipinski definition) is 3. The summed E-state index contributed by atoms with van der Waals surface area (Å²) >= 11 is 0. The van der Waals surface area contributed by atoms with Gasteiger partial charge >= 0.3 is 0 Å². The summed E-state index contributed by atoms with van der Waals surface area (Å²) in [5.41, 5.74) is 1.20. The van der Waals surface area contributed by atoms with Crippen molar-refractivity contribution < 1.29 is 5.11 Å². The number of benzene rings is 1. The number of rotatable bonds is 4. The Balaban J connectivity index is 2.09. The Morgan fingerprint density at radius 1 is 1.47 bits per heavy atom. The van der Waals surface area contributed by atoms with Crippen LogP contribution in [-0.4, -0.2) is 35.2 Å². The molecule has 0 spiro atoms. The van der Waals surface area contributed by atoms with Crippen molar-refractivity contribution in [3.05, 3.63) is 29.8 Å². The summed E-state index contributed by atoms with van der Waals surface area (Å²) in [6.07, 6.45) is 1.21. The highest BCUT2D eigenvalue weighted by atomic mass is 16.3. The average molecular weight is 262 g/mol. The molecule has 1 aliphatic heterocycles. The van der Waals surface area contributed by atoms with E-state index in [9.17, 15) is 5.11 Å². The zero-order chi connectivity index (χ0) is 13.8. The molecule has 19 heavy (non-hydrogen) atoms. The third-order valence-corrected chi connectivity index (χ3v) is 4.25. The van der Waals surface area contributed by atoms with Gasteiger partial charge in [0, 0.05) is 31.7 Å². The fourth-order valence-corrected chi connectivity index (χ4v) is 2.91. The van der Waals surface area contributed by atoms with Crippen molar-refractivity contribution >= 4 is 0 Å². The molecule has 1 aromatic rings. The summed E-state index contributed by atoms with van der Waals surface area (Å²) in [5, 5.41) is 13.2. The predicted molar refractivity (Wildman–Crippen MR) is 79.2 cm³/mol. The van der Waals surface area contributed by atoms with Crippen LogP contribution in [0.25, 0.3) is 0 Å². The lowest BCUT2D eigenvalue weighted by atomic mass is 9.94. The van der Waals surface area contributed by atoms with Crippen LogP contribution < -0.4 is 5.32 Å². The maximum atomic E-state index is 9.58. The Bertz CT molecular complexity index is 407. The van der Waals surface area contributed by atoms with Gasteiger partial charge in [0.05, 0.1) is 0 Å². The van der Waals surface area contributed by atoms with Gasteiger partial charge in [0.2, 0.25) is 0 Å². The molecule has 2 N–H and O–H groups in total. The molecule has 0 aromatic heterocycles. The summed E-state index contributed by atoms with van der Waals surface area (Å²) in [7, 11) is 0. The van der Waals surface area contributed by atoms with Gasteiger partial charge in [-0.2, -0.15) is 0 Å². The van der Waals surface area contributed by atoms with Crippen LogP contribution in [0.2, 0.25) is 0 Å². The van der Waals surface area contributed by atoms with E-state index in [1.54, 1.807) is 6.07 Å². The predicted octanol–water partition coefficient (Wildman–Crippen LogP) is 2.60. The monoisotopic (exact) mass is 262 g/mol. The first-order valence-electron chi connectivity index (χ1n) is 7.35. The van der Waals surface area contributed by atoms with Gasteiger partial charge in [-0.25, -0.2) is 0 Å². The fraction of sp³-hybridized carbons (Fsp3) is 0.625. The average Bonchev–Trinajstić information content (AvgIpc) is 2.38. The van der Waals surface area contributed by atoms with Crippen LogP contribution in [0.5, 0.6) is 5.75 Å². The number of aromatic hydroxyl groups is 1. The molecular weight excluding hydrogens is 236 g/mol. The quantitative estimate of drug-likeness (QED) is 0.875. The molecule has 3 unspecified atom stereocenters. The van der Waals surface area contributed by atoms with Gasteiger partial charge in [-0.05, 0) is 30.5 Å². The van der Waals surface area contributed by atoms with Crippen molar-refractivity contribution in [1.82, 2.24) is 10.2 Å². The van der Waals surface area contributed by atoms with E-state index in [0.29, 0.717) is 23.8 Å². The standard InChI is InChI=1S/C16H26N2O/c1-4-12(2)16-9-17-13(3)10-18(16)11-14-6-5-7-15(19)8-14/h5-8,12-13,16-17,19H,4,9-11H2,1-3H3. The van der Waals surface area contributed by atoms with Crippen molar-refractivity contribution in [3.63, 3.8) is 0 Å². The van der Waals surface area contributed by atoms with E-state index in [4.69, 9.17) is 0 Å². The third kappa shape index (κ3) is 3.71. The molecule has 3 atom stereocenters. The Labute approximate surface area is 116 Å². The van der Waals surface area contributed by atoms with Gasteiger partial charge in [0.25, 0.3) is 0 Å². The molecule has 1 fully saturated rings. The molecule has 1 saturated heterocycles. The fourth-order valence-electron chi connectivity index (χ4n) is 2.91. The first kappa shape index (κ1) is 14.4. The minimum absolute atomic E-state index is 0.362. The van der Waals surface area contributed by atoms with Crippen LogP contribution in [0, 0.1) is 5.92 Å². The molecular formula is C16H26N2O. The zero-order valence-electron chi connectivity index (χ0n) is 12.3. The van der Waals surface area contributed by atoms with E-state index in [2.05, 4.69) is 37.1 Å². The Hall–Kier alpha value is -1.06. The van der Waals surface area contributed by atoms with Gasteiger partial charge in [-0.1, -0.05) is 32.4 Å². The van der Waals surface area contributed by atoms with E-state index in [0.717, 1.165) is 19.6 Å². The molecule has 3 nitrogen and oxygen atoms in total. The highest BCUT2D eigenvalue weighted by Gasteiger charge is 2.28. The topological polar surface area (TPSA) is 35.5 Å². The van der Waals surface area contributed by atoms with Crippen molar-refractivity contribution in [2.75, 3.05) is 13.1 Å². The van der Waals surface area contributed by atoms with E-state index in [1.807, 2.05) is 12.1 Å². The minimum Gasteiger partial charge on any atom is -0.508 e. The van der Waals surface area contributed by atoms with Crippen LogP contribution in [0.3, 0.4) is 0 Å². The van der Waals surface area contributed by atoms with Gasteiger partial charge in [0.15, 0.2) is 0 Å². The third-order valence-electron chi connectivity index (χ3n) is 4.25. The van der Waals surface area contributed by atoms with Gasteiger partial charge in [0.1, 0.15) is 5.75 Å². The number of phenols is 1. The minimum atomic E-state index is 0.362. The highest BCUT2D eigenvalue weighted by Crippen LogP contribution is 2.21. The highest BCUT2D eigenvalue weighted by molar-refractivity contribution is 5.27. The second-order valence-corrected chi connectivity index (χ2v) is 5.86. The summed E-state index contributed by atoms with van der Waals surface area (Å²) in [6, 6.07) is 8.76. The SMILES string of the molecule is CCC(C)C1CNC(C)CN1Cc1cccc(O)c1. The van der Waals surface area contributed by atoms with Crippen LogP contribution in [0.15, 0.2) is 24.3 Å². The van der Waals surface area contributed by atoms with Crippen molar-refractivity contribution in [2.24, 2.45) is 5.92 Å². The molecule has 1 aliphatic rings. The molecule has 0 amide bonds. The van der Waals surface area contributed by atoms with E-state index in [1.165, 1.54) is 12.0 Å². The van der Waals surface area contributed by atoms with E-state index in [-0.39, 0.29) is 0 Å². The number of nitrogens with zero attached hydrogens (tertiary/aromatic N) is 1. The summed E-state index contributed by atoms with van der Waals surface area (Å²) in [4.78, 5) is 2.56. The largest absolute Gasteiger partial charge is 0.508 e. The second kappa shape index (κ2) is 6.40. The number of phenolic OH excluding ortho intramolecular Hbond substituents is 1. The van der Waals surface area contributed by atoms with Crippen LogP contribution in [-0.2, 0) is 6.54 Å². The molecule has 0 bridgehead atoms. The molecule has 1 heterocycles. The summed E-state index contributed by atoms with van der Waals surface area (Å²) < 4.78 is 0. The number of piperazine rings is 1. The van der Waals surface area contributed by atoms with E-state index >= 15 is 0 Å². The molecule has 3 heteroatoms. The van der Waals surface area contributed by atoms with Crippen LogP contribution in [0.1, 0.15) is 32.8 Å². The molecule has 0 radical (unpaired) electrons. The lowest BCUT2D eigenvalue weighted by molar-refractivity contribution is 0.0885. The van der Waals surface area contributed by atoms with Crippen LogP contribution >= 0.6 is 0 Å². The molecule has 0 aliphatic carbocycles. The zero-order valence-corrected chi connectivity index (χ0v) is 12.3. The normalized spacial score (nSPS) is 26.3.